The average Bonchev–Trinajstić information content (AvgIpc) is 2.84. The van der Waals surface area contributed by atoms with Gasteiger partial charge >= 0.3 is 0 Å². The van der Waals surface area contributed by atoms with Gasteiger partial charge in [0.1, 0.15) is 0 Å². The van der Waals surface area contributed by atoms with Crippen molar-refractivity contribution in [3.63, 3.8) is 0 Å². The van der Waals surface area contributed by atoms with E-state index in [2.05, 4.69) is 0 Å². The zero-order valence-corrected chi connectivity index (χ0v) is 8.72. The lowest BCUT2D eigenvalue weighted by Gasteiger charge is -2.28. The zero-order valence-electron chi connectivity index (χ0n) is 7.90. The van der Waals surface area contributed by atoms with Crippen LogP contribution in [0, 0.1) is 0 Å². The zero-order chi connectivity index (χ0) is 10.4. The van der Waals surface area contributed by atoms with E-state index in [1.165, 1.54) is 0 Å². The van der Waals surface area contributed by atoms with Crippen molar-refractivity contribution in [2.24, 2.45) is 5.73 Å². The van der Waals surface area contributed by atoms with Gasteiger partial charge in [-0.05, 0) is 12.8 Å². The quantitative estimate of drug-likeness (QED) is 0.595. The van der Waals surface area contributed by atoms with E-state index in [4.69, 9.17) is 5.73 Å². The first-order valence-corrected chi connectivity index (χ1v) is 6.54. The van der Waals surface area contributed by atoms with E-state index in [9.17, 15) is 13.2 Å². The Labute approximate surface area is 83.2 Å². The summed E-state index contributed by atoms with van der Waals surface area (Å²) in [6.07, 6.45) is 1.46. The molecule has 6 heteroatoms. The smallest absolute Gasteiger partial charge is 0.242 e. The molecule has 1 amide bonds. The van der Waals surface area contributed by atoms with Gasteiger partial charge in [0.25, 0.3) is 0 Å². The number of rotatable bonds is 1. The van der Waals surface area contributed by atoms with E-state index in [0.717, 1.165) is 12.8 Å². The van der Waals surface area contributed by atoms with Gasteiger partial charge < -0.3 is 10.6 Å². The van der Waals surface area contributed by atoms with Crippen molar-refractivity contribution >= 4 is 15.7 Å². The van der Waals surface area contributed by atoms with Crippen LogP contribution in [-0.2, 0) is 14.6 Å². The Balaban J connectivity index is 1.99. The summed E-state index contributed by atoms with van der Waals surface area (Å²) in [6.45, 7) is 0.611. The molecular formula is C8H14N2O3S. The van der Waals surface area contributed by atoms with Crippen LogP contribution in [0.2, 0.25) is 0 Å². The van der Waals surface area contributed by atoms with Crippen LogP contribution >= 0.6 is 0 Å². The summed E-state index contributed by atoms with van der Waals surface area (Å²) in [4.78, 5) is 13.3. The summed E-state index contributed by atoms with van der Waals surface area (Å²) in [6, 6.07) is 0. The Morgan fingerprint density at radius 1 is 1.21 bits per heavy atom. The maximum atomic E-state index is 11.7. The minimum absolute atomic E-state index is 0.0765. The SMILES string of the molecule is NC1(C(=O)N2CCS(=O)(=O)CC2)CC1. The third-order valence-electron chi connectivity index (χ3n) is 2.85. The number of carbonyl (C=O) groups is 1. The second kappa shape index (κ2) is 2.93. The molecule has 14 heavy (non-hydrogen) atoms. The molecule has 0 atom stereocenters. The van der Waals surface area contributed by atoms with Crippen LogP contribution in [0.25, 0.3) is 0 Å². The number of amides is 1. The Morgan fingerprint density at radius 2 is 1.71 bits per heavy atom. The average molecular weight is 218 g/mol. The Kier molecular flexibility index (Phi) is 2.08. The lowest BCUT2D eigenvalue weighted by atomic mass is 10.2. The second-order valence-electron chi connectivity index (χ2n) is 4.10. The normalized spacial score (nSPS) is 28.5. The highest BCUT2D eigenvalue weighted by molar-refractivity contribution is 7.91. The Morgan fingerprint density at radius 3 is 2.14 bits per heavy atom. The number of hydrogen-bond donors (Lipinski definition) is 1. The third kappa shape index (κ3) is 1.76. The van der Waals surface area contributed by atoms with Gasteiger partial charge in [-0.3, -0.25) is 4.79 Å². The van der Waals surface area contributed by atoms with E-state index in [1.807, 2.05) is 0 Å². The molecule has 0 aromatic rings. The molecule has 0 radical (unpaired) electrons. The number of nitrogens with zero attached hydrogens (tertiary/aromatic N) is 1. The van der Waals surface area contributed by atoms with Crippen LogP contribution in [0.5, 0.6) is 0 Å². The highest BCUT2D eigenvalue weighted by Crippen LogP contribution is 2.34. The van der Waals surface area contributed by atoms with Gasteiger partial charge in [-0.2, -0.15) is 0 Å². The highest BCUT2D eigenvalue weighted by Gasteiger charge is 2.48. The summed E-state index contributed by atoms with van der Waals surface area (Å²) >= 11 is 0. The summed E-state index contributed by atoms with van der Waals surface area (Å²) in [5.41, 5.74) is 5.08. The molecule has 2 N–H and O–H groups in total. The van der Waals surface area contributed by atoms with Crippen molar-refractivity contribution in [2.45, 2.75) is 18.4 Å². The molecule has 1 saturated carbocycles. The molecule has 0 spiro atoms. The largest absolute Gasteiger partial charge is 0.339 e. The predicted molar refractivity (Wildman–Crippen MR) is 51.4 cm³/mol. The van der Waals surface area contributed by atoms with Crippen molar-refractivity contribution in [1.29, 1.82) is 0 Å². The summed E-state index contributed by atoms with van der Waals surface area (Å²) < 4.78 is 22.2. The van der Waals surface area contributed by atoms with E-state index < -0.39 is 15.4 Å². The number of carbonyl (C=O) groups excluding carboxylic acids is 1. The molecule has 0 aromatic heterocycles. The topological polar surface area (TPSA) is 80.5 Å². The minimum atomic E-state index is -2.91. The molecule has 1 aliphatic heterocycles. The van der Waals surface area contributed by atoms with Gasteiger partial charge in [-0.15, -0.1) is 0 Å². The first kappa shape index (κ1) is 9.92. The molecule has 2 fully saturated rings. The van der Waals surface area contributed by atoms with E-state index in [1.54, 1.807) is 4.90 Å². The Bertz CT molecular complexity index is 345. The lowest BCUT2D eigenvalue weighted by molar-refractivity contribution is -0.133. The van der Waals surface area contributed by atoms with Crippen molar-refractivity contribution in [2.75, 3.05) is 24.6 Å². The molecule has 2 rings (SSSR count). The van der Waals surface area contributed by atoms with Gasteiger partial charge in [0.15, 0.2) is 9.84 Å². The maximum Gasteiger partial charge on any atom is 0.242 e. The molecule has 1 aliphatic carbocycles. The molecular weight excluding hydrogens is 204 g/mol. The summed E-state index contributed by atoms with van der Waals surface area (Å²) in [7, 11) is -2.91. The summed E-state index contributed by atoms with van der Waals surface area (Å²) in [5.74, 6) is 0.0799. The molecule has 1 heterocycles. The Hall–Kier alpha value is -0.620. The fourth-order valence-corrected chi connectivity index (χ4v) is 2.78. The van der Waals surface area contributed by atoms with Crippen molar-refractivity contribution in [3.05, 3.63) is 0 Å². The minimum Gasteiger partial charge on any atom is -0.339 e. The van der Waals surface area contributed by atoms with Gasteiger partial charge in [-0.25, -0.2) is 8.42 Å². The lowest BCUT2D eigenvalue weighted by Crippen LogP contribution is -2.51. The first-order chi connectivity index (χ1) is 6.43. The van der Waals surface area contributed by atoms with Gasteiger partial charge in [0, 0.05) is 13.1 Å². The monoisotopic (exact) mass is 218 g/mol. The standard InChI is InChI=1S/C8H14N2O3S/c9-8(1-2-8)7(11)10-3-5-14(12,13)6-4-10/h1-6,9H2. The number of hydrogen-bond acceptors (Lipinski definition) is 4. The van der Waals surface area contributed by atoms with E-state index >= 15 is 0 Å². The van der Waals surface area contributed by atoms with Crippen LogP contribution in [0.15, 0.2) is 0 Å². The van der Waals surface area contributed by atoms with Crippen LogP contribution < -0.4 is 5.73 Å². The first-order valence-electron chi connectivity index (χ1n) is 4.72. The molecule has 0 bridgehead atoms. The van der Waals surface area contributed by atoms with Gasteiger partial charge in [0.05, 0.1) is 17.0 Å². The van der Waals surface area contributed by atoms with Crippen LogP contribution in [0.4, 0.5) is 0 Å². The predicted octanol–water partition coefficient (Wildman–Crippen LogP) is -1.27. The third-order valence-corrected chi connectivity index (χ3v) is 4.46. The fourth-order valence-electron chi connectivity index (χ4n) is 1.58. The molecule has 80 valence electrons. The van der Waals surface area contributed by atoms with Crippen LogP contribution in [0.1, 0.15) is 12.8 Å². The number of sulfone groups is 1. The molecule has 1 saturated heterocycles. The van der Waals surface area contributed by atoms with E-state index in [-0.39, 0.29) is 17.4 Å². The maximum absolute atomic E-state index is 11.7. The molecule has 2 aliphatic rings. The highest BCUT2D eigenvalue weighted by atomic mass is 32.2. The fraction of sp³-hybridized carbons (Fsp3) is 0.875. The second-order valence-corrected chi connectivity index (χ2v) is 6.40. The van der Waals surface area contributed by atoms with Crippen molar-refractivity contribution in [1.82, 2.24) is 4.90 Å². The van der Waals surface area contributed by atoms with Crippen molar-refractivity contribution in [3.8, 4) is 0 Å². The molecule has 0 aromatic carbocycles. The van der Waals surface area contributed by atoms with Gasteiger partial charge in [0.2, 0.25) is 5.91 Å². The van der Waals surface area contributed by atoms with Crippen molar-refractivity contribution < 1.29 is 13.2 Å². The molecule has 5 nitrogen and oxygen atoms in total. The van der Waals surface area contributed by atoms with E-state index in [0.29, 0.717) is 13.1 Å². The summed E-state index contributed by atoms with van der Waals surface area (Å²) in [5, 5.41) is 0. The van der Waals surface area contributed by atoms with Gasteiger partial charge in [-0.1, -0.05) is 0 Å². The van der Waals surface area contributed by atoms with Crippen LogP contribution in [0.3, 0.4) is 0 Å². The number of nitrogens with two attached hydrogens (primary N) is 1. The van der Waals surface area contributed by atoms with Crippen LogP contribution in [-0.4, -0.2) is 49.4 Å². The molecule has 0 unspecified atom stereocenters.